The van der Waals surface area contributed by atoms with Gasteiger partial charge in [-0.25, -0.2) is 5.43 Å². The molecule has 0 bridgehead atoms. The molecule has 1 amide bonds. The van der Waals surface area contributed by atoms with Gasteiger partial charge in [0.05, 0.1) is 11.9 Å². The van der Waals surface area contributed by atoms with E-state index in [-0.39, 0.29) is 18.1 Å². The van der Waals surface area contributed by atoms with E-state index in [9.17, 15) is 9.90 Å². The van der Waals surface area contributed by atoms with E-state index in [0.717, 1.165) is 37.8 Å². The molecule has 0 aliphatic rings. The molecule has 0 atom stereocenters. The van der Waals surface area contributed by atoms with Crippen molar-refractivity contribution in [2.75, 3.05) is 0 Å². The number of halogens is 1. The lowest BCUT2D eigenvalue weighted by Crippen LogP contribution is -2.19. The average Bonchev–Trinajstić information content (AvgIpc) is 3.25. The molecule has 1 aromatic heterocycles. The highest BCUT2D eigenvalue weighted by molar-refractivity contribution is 9.10. The van der Waals surface area contributed by atoms with Gasteiger partial charge in [-0.05, 0) is 35.4 Å². The van der Waals surface area contributed by atoms with Crippen molar-refractivity contribution < 1.29 is 9.90 Å². The lowest BCUT2D eigenvalue weighted by Gasteiger charge is -2.13. The Morgan fingerprint density at radius 1 is 0.889 bits per heavy atom. The molecular weight excluding hydrogens is 514 g/mol. The summed E-state index contributed by atoms with van der Waals surface area (Å²) in [6.07, 6.45) is 1.68. The van der Waals surface area contributed by atoms with Crippen molar-refractivity contribution in [3.05, 3.63) is 113 Å². The molecule has 178 valence electrons. The number of benzene rings is 4. The van der Waals surface area contributed by atoms with Crippen LogP contribution in [0.25, 0.3) is 33.3 Å². The van der Waals surface area contributed by atoms with Crippen LogP contribution in [0.1, 0.15) is 12.0 Å². The number of hydrazone groups is 1. The highest BCUT2D eigenvalue weighted by atomic mass is 79.9. The summed E-state index contributed by atoms with van der Waals surface area (Å²) < 4.78 is 3.03. The molecule has 2 N–H and O–H groups in total. The Morgan fingerprint density at radius 2 is 1.56 bits per heavy atom. The predicted octanol–water partition coefficient (Wildman–Crippen LogP) is 6.98. The zero-order valence-electron chi connectivity index (χ0n) is 19.4. The molecule has 6 heteroatoms. The topological polar surface area (TPSA) is 66.6 Å². The second-order valence-corrected chi connectivity index (χ2v) is 9.29. The first-order chi connectivity index (χ1) is 17.6. The zero-order valence-corrected chi connectivity index (χ0v) is 21.0. The zero-order chi connectivity index (χ0) is 24.9. The lowest BCUT2D eigenvalue weighted by atomic mass is 9.98. The number of aryl methyl sites for hydroxylation is 1. The van der Waals surface area contributed by atoms with Crippen LogP contribution in [0, 0.1) is 0 Å². The number of carbonyl (C=O) groups is 1. The van der Waals surface area contributed by atoms with Crippen molar-refractivity contribution in [2.45, 2.75) is 13.0 Å². The van der Waals surface area contributed by atoms with E-state index in [4.69, 9.17) is 0 Å². The Bertz CT molecular complexity index is 1540. The lowest BCUT2D eigenvalue weighted by molar-refractivity contribution is -0.121. The first kappa shape index (κ1) is 23.6. The number of phenols is 1. The van der Waals surface area contributed by atoms with Crippen LogP contribution in [0.15, 0.2) is 113 Å². The monoisotopic (exact) mass is 537 g/mol. The van der Waals surface area contributed by atoms with Crippen molar-refractivity contribution in [2.24, 2.45) is 5.10 Å². The molecule has 0 spiro atoms. The molecule has 0 aliphatic heterocycles. The molecule has 0 saturated carbocycles. The maximum absolute atomic E-state index is 12.7. The van der Waals surface area contributed by atoms with E-state index in [2.05, 4.69) is 67.4 Å². The average molecular weight is 538 g/mol. The fraction of sp³-hybridized carbons (Fsp3) is 0.0667. The quantitative estimate of drug-likeness (QED) is 0.173. The number of para-hydroxylation sites is 1. The Balaban J connectivity index is 1.47. The van der Waals surface area contributed by atoms with Crippen molar-refractivity contribution in [3.8, 4) is 28.1 Å². The molecule has 4 aromatic carbocycles. The van der Waals surface area contributed by atoms with E-state index in [1.807, 2.05) is 48.5 Å². The third-order valence-corrected chi connectivity index (χ3v) is 6.52. The molecule has 0 aliphatic carbocycles. The van der Waals surface area contributed by atoms with Crippen molar-refractivity contribution in [1.82, 2.24) is 9.99 Å². The van der Waals surface area contributed by atoms with Gasteiger partial charge in [-0.2, -0.15) is 5.10 Å². The van der Waals surface area contributed by atoms with E-state index >= 15 is 0 Å². The Hall–Kier alpha value is -4.16. The molecule has 0 fully saturated rings. The van der Waals surface area contributed by atoms with Gasteiger partial charge in [-0.1, -0.05) is 94.8 Å². The SMILES string of the molecule is O=C(CCn1c(-c2ccccc2)c(-c2ccccc2)c2ccccc21)N/N=C/c1cc(Br)ccc1O. The number of fused-ring (bicyclic) bond motifs is 1. The molecule has 5 rings (SSSR count). The van der Waals surface area contributed by atoms with Crippen LogP contribution in [0.4, 0.5) is 0 Å². The van der Waals surface area contributed by atoms with Crippen LogP contribution in [-0.2, 0) is 11.3 Å². The van der Waals surface area contributed by atoms with Gasteiger partial charge in [0, 0.05) is 39.5 Å². The first-order valence-corrected chi connectivity index (χ1v) is 12.4. The van der Waals surface area contributed by atoms with Gasteiger partial charge in [-0.3, -0.25) is 4.79 Å². The summed E-state index contributed by atoms with van der Waals surface area (Å²) in [5.41, 5.74) is 8.64. The van der Waals surface area contributed by atoms with Crippen LogP contribution in [0.3, 0.4) is 0 Å². The van der Waals surface area contributed by atoms with Gasteiger partial charge in [0.15, 0.2) is 0 Å². The smallest absolute Gasteiger partial charge is 0.241 e. The molecule has 0 radical (unpaired) electrons. The van der Waals surface area contributed by atoms with Gasteiger partial charge in [0.25, 0.3) is 0 Å². The Morgan fingerprint density at radius 3 is 2.31 bits per heavy atom. The van der Waals surface area contributed by atoms with Gasteiger partial charge in [0.1, 0.15) is 5.75 Å². The van der Waals surface area contributed by atoms with Crippen molar-refractivity contribution >= 4 is 39.0 Å². The van der Waals surface area contributed by atoms with Gasteiger partial charge in [-0.15, -0.1) is 0 Å². The number of amides is 1. The summed E-state index contributed by atoms with van der Waals surface area (Å²) in [6, 6.07) is 34.0. The second kappa shape index (κ2) is 10.6. The summed E-state index contributed by atoms with van der Waals surface area (Å²) in [5, 5.41) is 15.1. The number of hydrogen-bond acceptors (Lipinski definition) is 3. The number of aromatic hydroxyl groups is 1. The molecule has 36 heavy (non-hydrogen) atoms. The number of carbonyl (C=O) groups excluding carboxylic acids is 1. The maximum atomic E-state index is 12.7. The first-order valence-electron chi connectivity index (χ1n) is 11.6. The molecular formula is C30H24BrN3O2. The number of rotatable bonds is 7. The van der Waals surface area contributed by atoms with E-state index in [1.165, 1.54) is 6.21 Å². The summed E-state index contributed by atoms with van der Waals surface area (Å²) in [5.74, 6) is -0.116. The predicted molar refractivity (Wildman–Crippen MR) is 149 cm³/mol. The van der Waals surface area contributed by atoms with Crippen LogP contribution in [-0.4, -0.2) is 21.8 Å². The molecule has 1 heterocycles. The normalized spacial score (nSPS) is 11.2. The third kappa shape index (κ3) is 4.95. The largest absolute Gasteiger partial charge is 0.507 e. The van der Waals surface area contributed by atoms with Crippen molar-refractivity contribution in [3.63, 3.8) is 0 Å². The molecule has 0 saturated heterocycles. The summed E-state index contributed by atoms with van der Waals surface area (Å²) in [7, 11) is 0. The van der Waals surface area contributed by atoms with Crippen molar-refractivity contribution in [1.29, 1.82) is 0 Å². The highest BCUT2D eigenvalue weighted by Gasteiger charge is 2.20. The number of aromatic nitrogens is 1. The summed E-state index contributed by atoms with van der Waals surface area (Å²) >= 11 is 3.37. The fourth-order valence-corrected chi connectivity index (χ4v) is 4.78. The molecule has 5 aromatic rings. The number of nitrogens with one attached hydrogen (secondary N) is 1. The van der Waals surface area contributed by atoms with Crippen LogP contribution >= 0.6 is 15.9 Å². The van der Waals surface area contributed by atoms with Crippen LogP contribution in [0.5, 0.6) is 5.75 Å². The minimum atomic E-state index is -0.209. The fourth-order valence-electron chi connectivity index (χ4n) is 4.40. The number of hydrogen-bond donors (Lipinski definition) is 2. The molecule has 5 nitrogen and oxygen atoms in total. The highest BCUT2D eigenvalue weighted by Crippen LogP contribution is 2.40. The van der Waals surface area contributed by atoms with Gasteiger partial charge < -0.3 is 9.67 Å². The van der Waals surface area contributed by atoms with E-state index in [1.54, 1.807) is 18.2 Å². The Kier molecular flexibility index (Phi) is 6.96. The Labute approximate surface area is 217 Å². The number of nitrogens with zero attached hydrogens (tertiary/aromatic N) is 2. The summed E-state index contributed by atoms with van der Waals surface area (Å²) in [4.78, 5) is 12.7. The second-order valence-electron chi connectivity index (χ2n) is 8.37. The van der Waals surface area contributed by atoms with E-state index in [0.29, 0.717) is 12.1 Å². The molecule has 0 unspecified atom stereocenters. The maximum Gasteiger partial charge on any atom is 0.241 e. The third-order valence-electron chi connectivity index (χ3n) is 6.03. The summed E-state index contributed by atoms with van der Waals surface area (Å²) in [6.45, 7) is 0.487. The van der Waals surface area contributed by atoms with Gasteiger partial charge in [0.2, 0.25) is 5.91 Å². The van der Waals surface area contributed by atoms with Crippen LogP contribution < -0.4 is 5.43 Å². The minimum absolute atomic E-state index is 0.0935. The van der Waals surface area contributed by atoms with Gasteiger partial charge >= 0.3 is 0 Å². The minimum Gasteiger partial charge on any atom is -0.507 e. The number of phenolic OH excluding ortho intramolecular Hbond substituents is 1. The van der Waals surface area contributed by atoms with E-state index < -0.39 is 0 Å². The van der Waals surface area contributed by atoms with Crippen LogP contribution in [0.2, 0.25) is 0 Å². The standard InChI is InChI=1S/C30H24BrN3O2/c31-24-15-16-27(35)23(19-24)20-32-33-28(36)17-18-34-26-14-8-7-13-25(26)29(21-9-3-1-4-10-21)30(34)22-11-5-2-6-12-22/h1-16,19-20,35H,17-18H2,(H,33,36)/b32-20+.